The Hall–Kier alpha value is -1.14. The number of ketones is 1. The molecule has 0 unspecified atom stereocenters. The van der Waals surface area contributed by atoms with Crippen molar-refractivity contribution >= 4 is 39.1 Å². The molecule has 0 saturated carbocycles. The molecule has 2 aromatic rings. The summed E-state index contributed by atoms with van der Waals surface area (Å²) in [6.45, 7) is 8.49. The van der Waals surface area contributed by atoms with Gasteiger partial charge in [-0.1, -0.05) is 45.9 Å². The van der Waals surface area contributed by atoms with Crippen LogP contribution in [0.5, 0.6) is 0 Å². The first-order chi connectivity index (χ1) is 10.3. The van der Waals surface area contributed by atoms with E-state index in [9.17, 15) is 9.59 Å². The van der Waals surface area contributed by atoms with Gasteiger partial charge in [0.15, 0.2) is 5.16 Å². The van der Waals surface area contributed by atoms with Crippen molar-refractivity contribution in [3.05, 3.63) is 21.8 Å². The summed E-state index contributed by atoms with van der Waals surface area (Å²) in [5.41, 5.74) is 0.376. The van der Waals surface area contributed by atoms with Crippen LogP contribution in [-0.4, -0.2) is 21.1 Å². The van der Waals surface area contributed by atoms with Gasteiger partial charge < -0.3 is 0 Å². The molecule has 120 valence electrons. The molecule has 0 aliphatic carbocycles. The molecule has 0 bridgehead atoms. The van der Waals surface area contributed by atoms with Gasteiger partial charge in [0.25, 0.3) is 5.56 Å². The van der Waals surface area contributed by atoms with Crippen LogP contribution in [0.15, 0.2) is 21.4 Å². The Kier molecular flexibility index (Phi) is 5.45. The van der Waals surface area contributed by atoms with Gasteiger partial charge in [0.2, 0.25) is 0 Å². The predicted octanol–water partition coefficient (Wildman–Crippen LogP) is 3.97. The van der Waals surface area contributed by atoms with Gasteiger partial charge in [-0.05, 0) is 17.9 Å². The van der Waals surface area contributed by atoms with Gasteiger partial charge in [0.05, 0.1) is 11.3 Å². The van der Waals surface area contributed by atoms with Crippen molar-refractivity contribution in [2.24, 2.45) is 5.41 Å². The van der Waals surface area contributed by atoms with Gasteiger partial charge in [0, 0.05) is 12.0 Å². The van der Waals surface area contributed by atoms with Crippen LogP contribution in [0.2, 0.25) is 0 Å². The van der Waals surface area contributed by atoms with Gasteiger partial charge >= 0.3 is 0 Å². The van der Waals surface area contributed by atoms with Gasteiger partial charge in [-0.15, -0.1) is 11.3 Å². The molecule has 0 spiro atoms. The van der Waals surface area contributed by atoms with Crippen LogP contribution in [0.4, 0.5) is 0 Å². The second kappa shape index (κ2) is 6.96. The van der Waals surface area contributed by atoms with E-state index in [4.69, 9.17) is 0 Å². The Labute approximate surface area is 138 Å². The van der Waals surface area contributed by atoms with E-state index in [1.54, 1.807) is 4.57 Å². The molecule has 6 heteroatoms. The number of Topliss-reactive ketones (excluding diaryl/α,β-unsaturated/α-hetero) is 1. The van der Waals surface area contributed by atoms with Crippen molar-refractivity contribution in [3.8, 4) is 0 Å². The van der Waals surface area contributed by atoms with E-state index < -0.39 is 0 Å². The summed E-state index contributed by atoms with van der Waals surface area (Å²) in [6.07, 6.45) is 1.94. The van der Waals surface area contributed by atoms with Crippen molar-refractivity contribution in [3.63, 3.8) is 0 Å². The molecule has 2 rings (SSSR count). The third-order valence-corrected chi connectivity index (χ3v) is 5.30. The smallest absolute Gasteiger partial charge is 0.272 e. The largest absolute Gasteiger partial charge is 0.298 e. The highest BCUT2D eigenvalue weighted by molar-refractivity contribution is 7.99. The third kappa shape index (κ3) is 3.79. The molecule has 0 N–H and O–H groups in total. The van der Waals surface area contributed by atoms with E-state index in [0.29, 0.717) is 22.2 Å². The number of unbranched alkanes of at least 4 members (excludes halogenated alkanes) is 1. The number of nitrogens with zero attached hydrogens (tertiary/aromatic N) is 2. The van der Waals surface area contributed by atoms with Crippen molar-refractivity contribution in [1.82, 2.24) is 9.55 Å². The molecule has 0 amide bonds. The fourth-order valence-corrected chi connectivity index (χ4v) is 3.86. The summed E-state index contributed by atoms with van der Waals surface area (Å²) < 4.78 is 2.42. The van der Waals surface area contributed by atoms with Crippen LogP contribution in [-0.2, 0) is 11.3 Å². The Morgan fingerprint density at radius 2 is 2.14 bits per heavy atom. The summed E-state index contributed by atoms with van der Waals surface area (Å²) in [7, 11) is 0. The molecule has 0 aliphatic rings. The molecular weight excluding hydrogens is 316 g/mol. The lowest BCUT2D eigenvalue weighted by Crippen LogP contribution is -2.25. The molecule has 0 atom stereocenters. The van der Waals surface area contributed by atoms with Crippen molar-refractivity contribution in [2.45, 2.75) is 52.2 Å². The summed E-state index contributed by atoms with van der Waals surface area (Å²) >= 11 is 2.80. The lowest BCUT2D eigenvalue weighted by Gasteiger charge is -2.17. The van der Waals surface area contributed by atoms with Crippen LogP contribution in [0, 0.1) is 5.41 Å². The van der Waals surface area contributed by atoms with Crippen LogP contribution in [0.25, 0.3) is 10.2 Å². The minimum atomic E-state index is -0.367. The first-order valence-corrected chi connectivity index (χ1v) is 9.35. The maximum absolute atomic E-state index is 12.6. The van der Waals surface area contributed by atoms with Crippen LogP contribution >= 0.6 is 23.1 Å². The lowest BCUT2D eigenvalue weighted by molar-refractivity contribution is -0.123. The molecule has 2 heterocycles. The van der Waals surface area contributed by atoms with E-state index in [0.717, 1.165) is 18.4 Å². The lowest BCUT2D eigenvalue weighted by atomic mass is 9.92. The van der Waals surface area contributed by atoms with Gasteiger partial charge in [-0.25, -0.2) is 4.98 Å². The van der Waals surface area contributed by atoms with Gasteiger partial charge in [-0.3, -0.25) is 14.2 Å². The van der Waals surface area contributed by atoms with Crippen LogP contribution in [0.1, 0.15) is 40.5 Å². The maximum atomic E-state index is 12.6. The second-order valence-electron chi connectivity index (χ2n) is 6.30. The molecule has 0 radical (unpaired) electrons. The summed E-state index contributed by atoms with van der Waals surface area (Å²) in [4.78, 5) is 29.3. The average molecular weight is 338 g/mol. The highest BCUT2D eigenvalue weighted by atomic mass is 32.2. The van der Waals surface area contributed by atoms with Gasteiger partial charge in [-0.2, -0.15) is 0 Å². The number of hydrogen-bond donors (Lipinski definition) is 0. The first-order valence-electron chi connectivity index (χ1n) is 7.48. The zero-order valence-electron chi connectivity index (χ0n) is 13.5. The number of hydrogen-bond acceptors (Lipinski definition) is 5. The fourth-order valence-electron chi connectivity index (χ4n) is 1.89. The Morgan fingerprint density at radius 1 is 1.41 bits per heavy atom. The molecule has 0 aromatic carbocycles. The van der Waals surface area contributed by atoms with Crippen LogP contribution < -0.4 is 5.56 Å². The first kappa shape index (κ1) is 17.2. The Bertz CT molecular complexity index is 726. The number of fused-ring (bicyclic) bond motifs is 1. The number of carbonyl (C=O) groups is 1. The molecular formula is C16H22N2O2S2. The highest BCUT2D eigenvalue weighted by Crippen LogP contribution is 2.24. The maximum Gasteiger partial charge on any atom is 0.272 e. The SMILES string of the molecule is CCCCn1c(SCC(=O)C(C)(C)C)nc2ccsc2c1=O. The minimum Gasteiger partial charge on any atom is -0.298 e. The molecule has 0 fully saturated rings. The number of aromatic nitrogens is 2. The molecule has 0 aliphatic heterocycles. The van der Waals surface area contributed by atoms with E-state index in [1.807, 2.05) is 32.2 Å². The fraction of sp³-hybridized carbons (Fsp3) is 0.562. The number of thioether (sulfide) groups is 1. The number of thiophene rings is 1. The topological polar surface area (TPSA) is 52.0 Å². The summed E-state index contributed by atoms with van der Waals surface area (Å²) in [6, 6.07) is 1.86. The van der Waals surface area contributed by atoms with Crippen molar-refractivity contribution in [1.29, 1.82) is 0 Å². The molecule has 0 saturated heterocycles. The number of carbonyl (C=O) groups excluding carboxylic acids is 1. The van der Waals surface area contributed by atoms with E-state index in [1.165, 1.54) is 23.1 Å². The number of rotatable bonds is 6. The second-order valence-corrected chi connectivity index (χ2v) is 8.16. The quantitative estimate of drug-likeness (QED) is 0.591. The van der Waals surface area contributed by atoms with E-state index >= 15 is 0 Å². The molecule has 2 aromatic heterocycles. The Morgan fingerprint density at radius 3 is 2.77 bits per heavy atom. The molecule has 22 heavy (non-hydrogen) atoms. The third-order valence-electron chi connectivity index (χ3n) is 3.43. The summed E-state index contributed by atoms with van der Waals surface area (Å²) in [5, 5.41) is 2.54. The summed E-state index contributed by atoms with van der Waals surface area (Å²) in [5.74, 6) is 0.511. The predicted molar refractivity (Wildman–Crippen MR) is 94.0 cm³/mol. The van der Waals surface area contributed by atoms with E-state index in [-0.39, 0.29) is 16.8 Å². The highest BCUT2D eigenvalue weighted by Gasteiger charge is 2.22. The Balaban J connectivity index is 2.34. The van der Waals surface area contributed by atoms with Gasteiger partial charge in [0.1, 0.15) is 10.5 Å². The minimum absolute atomic E-state index is 0.0131. The van der Waals surface area contributed by atoms with Crippen LogP contribution in [0.3, 0.4) is 0 Å². The zero-order chi connectivity index (χ0) is 16.3. The average Bonchev–Trinajstić information content (AvgIpc) is 2.91. The van der Waals surface area contributed by atoms with Crippen molar-refractivity contribution in [2.75, 3.05) is 5.75 Å². The normalized spacial score (nSPS) is 12.0. The van der Waals surface area contributed by atoms with Crippen molar-refractivity contribution < 1.29 is 4.79 Å². The molecule has 4 nitrogen and oxygen atoms in total. The van der Waals surface area contributed by atoms with E-state index in [2.05, 4.69) is 11.9 Å². The zero-order valence-corrected chi connectivity index (χ0v) is 15.1. The standard InChI is InChI=1S/C16H22N2O2S2/c1-5-6-8-18-14(20)13-11(7-9-21-13)17-15(18)22-10-12(19)16(2,3)4/h7,9H,5-6,8,10H2,1-4H3. The monoisotopic (exact) mass is 338 g/mol.